The zero-order valence-electron chi connectivity index (χ0n) is 18.0. The number of aryl methyl sites for hydroxylation is 2. The Morgan fingerprint density at radius 1 is 1.19 bits per heavy atom. The van der Waals surface area contributed by atoms with Crippen molar-refractivity contribution >= 4 is 28.7 Å². The highest BCUT2D eigenvalue weighted by Gasteiger charge is 2.23. The molecule has 0 aliphatic carbocycles. The predicted molar refractivity (Wildman–Crippen MR) is 125 cm³/mol. The molecule has 0 spiro atoms. The van der Waals surface area contributed by atoms with Crippen LogP contribution in [-0.4, -0.2) is 45.7 Å². The van der Waals surface area contributed by atoms with Crippen LogP contribution in [0.4, 0.5) is 0 Å². The summed E-state index contributed by atoms with van der Waals surface area (Å²) < 4.78 is 1.59. The van der Waals surface area contributed by atoms with E-state index in [1.807, 2.05) is 24.3 Å². The van der Waals surface area contributed by atoms with Crippen LogP contribution < -0.4 is 10.9 Å². The molecule has 1 amide bonds. The first kappa shape index (κ1) is 21.6. The van der Waals surface area contributed by atoms with E-state index in [4.69, 9.17) is 0 Å². The SMILES string of the molecule is Cc1ccc(CN2CC[C@@H](CNC(=O)CSc3nc4ccccc4n(C)c3=O)C2)cc1. The largest absolute Gasteiger partial charge is 0.355 e. The average Bonchev–Trinajstić information content (AvgIpc) is 3.23. The fraction of sp³-hybridized carbons (Fsp3) is 0.375. The Balaban J connectivity index is 1.25. The molecule has 1 saturated heterocycles. The minimum Gasteiger partial charge on any atom is -0.355 e. The number of aromatic nitrogens is 2. The van der Waals surface area contributed by atoms with Gasteiger partial charge in [0.25, 0.3) is 5.56 Å². The zero-order chi connectivity index (χ0) is 21.8. The highest BCUT2D eigenvalue weighted by molar-refractivity contribution is 7.99. The van der Waals surface area contributed by atoms with Crippen LogP contribution in [0.25, 0.3) is 11.0 Å². The molecule has 1 aliphatic rings. The summed E-state index contributed by atoms with van der Waals surface area (Å²) in [4.78, 5) is 31.8. The summed E-state index contributed by atoms with van der Waals surface area (Å²) in [6.45, 7) is 5.78. The Morgan fingerprint density at radius 2 is 1.97 bits per heavy atom. The maximum absolute atomic E-state index is 12.5. The molecule has 2 aromatic carbocycles. The van der Waals surface area contributed by atoms with Gasteiger partial charge in [0, 0.05) is 26.7 Å². The molecular formula is C24H28N4O2S. The number of hydrogen-bond acceptors (Lipinski definition) is 5. The van der Waals surface area contributed by atoms with Gasteiger partial charge in [0.2, 0.25) is 5.91 Å². The fourth-order valence-electron chi connectivity index (χ4n) is 3.96. The molecule has 1 aliphatic heterocycles. The van der Waals surface area contributed by atoms with Gasteiger partial charge in [-0.25, -0.2) is 4.98 Å². The van der Waals surface area contributed by atoms with Crippen molar-refractivity contribution in [1.82, 2.24) is 19.8 Å². The van der Waals surface area contributed by atoms with E-state index < -0.39 is 0 Å². The topological polar surface area (TPSA) is 67.2 Å². The number of fused-ring (bicyclic) bond motifs is 1. The number of carbonyl (C=O) groups is 1. The number of amides is 1. The van der Waals surface area contributed by atoms with Gasteiger partial charge in [0.15, 0.2) is 5.03 Å². The lowest BCUT2D eigenvalue weighted by Gasteiger charge is -2.16. The van der Waals surface area contributed by atoms with Crippen molar-refractivity contribution in [2.45, 2.75) is 24.9 Å². The lowest BCUT2D eigenvalue weighted by molar-refractivity contribution is -0.118. The van der Waals surface area contributed by atoms with Gasteiger partial charge in [0.1, 0.15) is 0 Å². The van der Waals surface area contributed by atoms with Crippen LogP contribution in [0.1, 0.15) is 17.5 Å². The van der Waals surface area contributed by atoms with E-state index in [1.165, 1.54) is 22.9 Å². The number of likely N-dealkylation sites (tertiary alicyclic amines) is 1. The average molecular weight is 437 g/mol. The summed E-state index contributed by atoms with van der Waals surface area (Å²) in [5, 5.41) is 3.40. The predicted octanol–water partition coefficient (Wildman–Crippen LogP) is 2.97. The monoisotopic (exact) mass is 436 g/mol. The van der Waals surface area contributed by atoms with Crippen molar-refractivity contribution in [3.8, 4) is 0 Å². The summed E-state index contributed by atoms with van der Waals surface area (Å²) in [5.74, 6) is 0.602. The van der Waals surface area contributed by atoms with Crippen molar-refractivity contribution in [3.05, 3.63) is 70.0 Å². The molecule has 0 bridgehead atoms. The molecule has 0 radical (unpaired) electrons. The second-order valence-corrected chi connectivity index (χ2v) is 9.20. The minimum absolute atomic E-state index is 0.0565. The van der Waals surface area contributed by atoms with E-state index in [-0.39, 0.29) is 17.2 Å². The summed E-state index contributed by atoms with van der Waals surface area (Å²) in [5.41, 5.74) is 3.99. The lowest BCUT2D eigenvalue weighted by Crippen LogP contribution is -2.32. The quantitative estimate of drug-likeness (QED) is 0.577. The Bertz CT molecular complexity index is 1130. The number of nitrogens with one attached hydrogen (secondary N) is 1. The van der Waals surface area contributed by atoms with E-state index in [1.54, 1.807) is 11.6 Å². The Kier molecular flexibility index (Phi) is 6.73. The Hall–Kier alpha value is -2.64. The van der Waals surface area contributed by atoms with Crippen LogP contribution in [0.3, 0.4) is 0 Å². The van der Waals surface area contributed by atoms with Gasteiger partial charge in [-0.15, -0.1) is 0 Å². The van der Waals surface area contributed by atoms with E-state index in [0.29, 0.717) is 17.5 Å². The number of carbonyl (C=O) groups excluding carboxylic acids is 1. The van der Waals surface area contributed by atoms with E-state index >= 15 is 0 Å². The summed E-state index contributed by atoms with van der Waals surface area (Å²) in [6, 6.07) is 16.2. The van der Waals surface area contributed by atoms with Gasteiger partial charge in [-0.3, -0.25) is 14.5 Å². The third-order valence-corrected chi connectivity index (χ3v) is 6.72. The maximum atomic E-state index is 12.5. The highest BCUT2D eigenvalue weighted by atomic mass is 32.2. The van der Waals surface area contributed by atoms with Crippen LogP contribution >= 0.6 is 11.8 Å². The first-order valence-electron chi connectivity index (χ1n) is 10.6. The van der Waals surface area contributed by atoms with Crippen LogP contribution in [0.5, 0.6) is 0 Å². The molecule has 6 nitrogen and oxygen atoms in total. The molecule has 3 aromatic rings. The summed E-state index contributed by atoms with van der Waals surface area (Å²) >= 11 is 1.20. The molecule has 0 unspecified atom stereocenters. The molecule has 2 heterocycles. The third-order valence-electron chi connectivity index (χ3n) is 5.78. The minimum atomic E-state index is -0.168. The Labute approximate surface area is 186 Å². The zero-order valence-corrected chi connectivity index (χ0v) is 18.8. The van der Waals surface area contributed by atoms with Gasteiger partial charge in [0.05, 0.1) is 16.8 Å². The normalized spacial score (nSPS) is 16.6. The number of hydrogen-bond donors (Lipinski definition) is 1. The van der Waals surface area contributed by atoms with Crippen molar-refractivity contribution in [1.29, 1.82) is 0 Å². The number of thioether (sulfide) groups is 1. The van der Waals surface area contributed by atoms with Crippen molar-refractivity contribution in [2.24, 2.45) is 13.0 Å². The Morgan fingerprint density at radius 3 is 2.77 bits per heavy atom. The molecule has 1 aromatic heterocycles. The third kappa shape index (κ3) is 5.35. The van der Waals surface area contributed by atoms with Crippen LogP contribution in [-0.2, 0) is 18.4 Å². The molecule has 4 rings (SSSR count). The van der Waals surface area contributed by atoms with Gasteiger partial charge < -0.3 is 9.88 Å². The van der Waals surface area contributed by atoms with E-state index in [9.17, 15) is 9.59 Å². The van der Waals surface area contributed by atoms with Crippen LogP contribution in [0.2, 0.25) is 0 Å². The van der Waals surface area contributed by atoms with Crippen molar-refractivity contribution in [2.75, 3.05) is 25.4 Å². The standard InChI is InChI=1S/C24H28N4O2S/c1-17-7-9-18(10-8-17)14-28-12-11-19(15-28)13-25-22(29)16-31-23-24(30)27(2)21-6-4-3-5-20(21)26-23/h3-10,19H,11-16H2,1-2H3,(H,25,29)/t19-/m0/s1. The summed E-state index contributed by atoms with van der Waals surface area (Å²) in [7, 11) is 1.74. The summed E-state index contributed by atoms with van der Waals surface area (Å²) in [6.07, 6.45) is 1.09. The van der Waals surface area contributed by atoms with Crippen molar-refractivity contribution < 1.29 is 4.79 Å². The van der Waals surface area contributed by atoms with Gasteiger partial charge in [-0.2, -0.15) is 0 Å². The molecule has 1 N–H and O–H groups in total. The van der Waals surface area contributed by atoms with E-state index in [2.05, 4.69) is 46.4 Å². The molecular weight excluding hydrogens is 408 g/mol. The van der Waals surface area contributed by atoms with E-state index in [0.717, 1.165) is 37.1 Å². The molecule has 31 heavy (non-hydrogen) atoms. The molecule has 162 valence electrons. The number of benzene rings is 2. The number of para-hydroxylation sites is 2. The lowest BCUT2D eigenvalue weighted by atomic mass is 10.1. The molecule has 1 fully saturated rings. The number of rotatable bonds is 7. The van der Waals surface area contributed by atoms with Crippen LogP contribution in [0.15, 0.2) is 58.4 Å². The highest BCUT2D eigenvalue weighted by Crippen LogP contribution is 2.19. The van der Waals surface area contributed by atoms with Gasteiger partial charge in [-0.1, -0.05) is 53.7 Å². The van der Waals surface area contributed by atoms with Crippen molar-refractivity contribution in [3.63, 3.8) is 0 Å². The van der Waals surface area contributed by atoms with Gasteiger partial charge >= 0.3 is 0 Å². The first-order chi connectivity index (χ1) is 15.0. The maximum Gasteiger partial charge on any atom is 0.283 e. The van der Waals surface area contributed by atoms with Crippen LogP contribution in [0, 0.1) is 12.8 Å². The number of nitrogens with zero attached hydrogens (tertiary/aromatic N) is 3. The van der Waals surface area contributed by atoms with Gasteiger partial charge in [-0.05, 0) is 43.5 Å². The molecule has 1 atom stereocenters. The molecule has 7 heteroatoms. The second-order valence-electron chi connectivity index (χ2n) is 8.24. The smallest absolute Gasteiger partial charge is 0.283 e. The second kappa shape index (κ2) is 9.66. The first-order valence-corrected chi connectivity index (χ1v) is 11.6. The molecule has 0 saturated carbocycles. The fourth-order valence-corrected chi connectivity index (χ4v) is 4.76.